The molecule has 0 radical (unpaired) electrons. The quantitative estimate of drug-likeness (QED) is 0.749. The maximum Gasteiger partial charge on any atom is 0.0575 e. The van der Waals surface area contributed by atoms with Crippen molar-refractivity contribution in [3.05, 3.63) is 0 Å². The van der Waals surface area contributed by atoms with Gasteiger partial charge in [-0.15, -0.1) is 0 Å². The Morgan fingerprint density at radius 3 is 2.57 bits per heavy atom. The van der Waals surface area contributed by atoms with Crippen LogP contribution in [0.1, 0.15) is 39.0 Å². The lowest BCUT2D eigenvalue weighted by Gasteiger charge is -2.27. The van der Waals surface area contributed by atoms with Gasteiger partial charge in [-0.05, 0) is 50.5 Å². The molecule has 1 aliphatic heterocycles. The molecular formula is C12H23NO. The van der Waals surface area contributed by atoms with E-state index in [4.69, 9.17) is 4.74 Å². The molecule has 82 valence electrons. The summed E-state index contributed by atoms with van der Waals surface area (Å²) in [5.41, 5.74) is 0. The smallest absolute Gasteiger partial charge is 0.0575 e. The lowest BCUT2D eigenvalue weighted by molar-refractivity contribution is 0.00370. The van der Waals surface area contributed by atoms with Crippen molar-refractivity contribution in [3.63, 3.8) is 0 Å². The van der Waals surface area contributed by atoms with Gasteiger partial charge in [0.05, 0.1) is 12.7 Å². The van der Waals surface area contributed by atoms with E-state index >= 15 is 0 Å². The first-order chi connectivity index (χ1) is 6.84. The Morgan fingerprint density at radius 1 is 1.14 bits per heavy atom. The number of ether oxygens (including phenoxy) is 1. The molecule has 0 aromatic carbocycles. The van der Waals surface area contributed by atoms with Crippen LogP contribution >= 0.6 is 0 Å². The van der Waals surface area contributed by atoms with Gasteiger partial charge >= 0.3 is 0 Å². The van der Waals surface area contributed by atoms with Crippen LogP contribution in [0.5, 0.6) is 0 Å². The van der Waals surface area contributed by atoms with Gasteiger partial charge < -0.3 is 10.1 Å². The van der Waals surface area contributed by atoms with Gasteiger partial charge in [-0.2, -0.15) is 0 Å². The first kappa shape index (κ1) is 10.4. The topological polar surface area (TPSA) is 21.3 Å². The SMILES string of the molecule is CC1CCC(OCC2CCNC2)CC1. The molecule has 0 bridgehead atoms. The Balaban J connectivity index is 1.60. The van der Waals surface area contributed by atoms with Gasteiger partial charge in [-0.1, -0.05) is 6.92 Å². The third kappa shape index (κ3) is 2.96. The molecule has 1 aliphatic carbocycles. The van der Waals surface area contributed by atoms with Crippen LogP contribution < -0.4 is 5.32 Å². The highest BCUT2D eigenvalue weighted by atomic mass is 16.5. The first-order valence-electron chi connectivity index (χ1n) is 6.17. The third-order valence-corrected chi connectivity index (χ3v) is 3.69. The maximum absolute atomic E-state index is 5.98. The van der Waals surface area contributed by atoms with Crippen LogP contribution in [0.15, 0.2) is 0 Å². The lowest BCUT2D eigenvalue weighted by Crippen LogP contribution is -2.24. The summed E-state index contributed by atoms with van der Waals surface area (Å²) in [4.78, 5) is 0. The summed E-state index contributed by atoms with van der Waals surface area (Å²) in [6.45, 7) is 5.71. The zero-order chi connectivity index (χ0) is 9.80. The Labute approximate surface area is 87.4 Å². The zero-order valence-corrected chi connectivity index (χ0v) is 9.30. The molecule has 2 aliphatic rings. The van der Waals surface area contributed by atoms with Gasteiger partial charge in [0.2, 0.25) is 0 Å². The molecule has 2 nitrogen and oxygen atoms in total. The Bertz CT molecular complexity index is 158. The second-order valence-electron chi connectivity index (χ2n) is 5.07. The molecule has 1 saturated carbocycles. The van der Waals surface area contributed by atoms with Gasteiger partial charge in [0.15, 0.2) is 0 Å². The molecule has 1 atom stereocenters. The molecule has 0 aromatic rings. The number of hydrogen-bond acceptors (Lipinski definition) is 2. The number of hydrogen-bond donors (Lipinski definition) is 1. The molecular weight excluding hydrogens is 174 g/mol. The summed E-state index contributed by atoms with van der Waals surface area (Å²) in [5.74, 6) is 1.72. The average molecular weight is 197 g/mol. The fourth-order valence-corrected chi connectivity index (χ4v) is 2.53. The van der Waals surface area contributed by atoms with Crippen molar-refractivity contribution >= 4 is 0 Å². The van der Waals surface area contributed by atoms with Crippen molar-refractivity contribution in [2.24, 2.45) is 11.8 Å². The standard InChI is InChI=1S/C12H23NO/c1-10-2-4-12(5-3-10)14-9-11-6-7-13-8-11/h10-13H,2-9H2,1H3. The van der Waals surface area contributed by atoms with Gasteiger partial charge in [0, 0.05) is 6.54 Å². The van der Waals surface area contributed by atoms with E-state index in [2.05, 4.69) is 12.2 Å². The van der Waals surface area contributed by atoms with Crippen molar-refractivity contribution in [3.8, 4) is 0 Å². The molecule has 1 unspecified atom stereocenters. The Kier molecular flexibility index (Phi) is 3.82. The van der Waals surface area contributed by atoms with E-state index in [9.17, 15) is 0 Å². The normalized spacial score (nSPS) is 38.8. The monoisotopic (exact) mass is 197 g/mol. The van der Waals surface area contributed by atoms with Crippen LogP contribution in [0.4, 0.5) is 0 Å². The maximum atomic E-state index is 5.98. The van der Waals surface area contributed by atoms with E-state index < -0.39 is 0 Å². The van der Waals surface area contributed by atoms with Crippen molar-refractivity contribution in [2.75, 3.05) is 19.7 Å². The predicted molar refractivity (Wildman–Crippen MR) is 58.3 cm³/mol. The molecule has 14 heavy (non-hydrogen) atoms. The first-order valence-corrected chi connectivity index (χ1v) is 6.17. The van der Waals surface area contributed by atoms with Crippen LogP contribution in [0, 0.1) is 11.8 Å². The van der Waals surface area contributed by atoms with Gasteiger partial charge in [-0.3, -0.25) is 0 Å². The van der Waals surface area contributed by atoms with Crippen LogP contribution in [-0.4, -0.2) is 25.8 Å². The summed E-state index contributed by atoms with van der Waals surface area (Å²) >= 11 is 0. The van der Waals surface area contributed by atoms with Crippen molar-refractivity contribution < 1.29 is 4.74 Å². The average Bonchev–Trinajstić information content (AvgIpc) is 2.70. The number of nitrogens with one attached hydrogen (secondary N) is 1. The molecule has 0 amide bonds. The van der Waals surface area contributed by atoms with Gasteiger partial charge in [-0.25, -0.2) is 0 Å². The summed E-state index contributed by atoms with van der Waals surface area (Å²) in [6, 6.07) is 0. The molecule has 1 heterocycles. The van der Waals surface area contributed by atoms with Crippen molar-refractivity contribution in [1.82, 2.24) is 5.32 Å². The minimum Gasteiger partial charge on any atom is -0.378 e. The molecule has 0 spiro atoms. The van der Waals surface area contributed by atoms with Crippen molar-refractivity contribution in [1.29, 1.82) is 0 Å². The van der Waals surface area contributed by atoms with Crippen LogP contribution in [0.25, 0.3) is 0 Å². The van der Waals surface area contributed by atoms with E-state index in [1.54, 1.807) is 0 Å². The van der Waals surface area contributed by atoms with E-state index in [0.29, 0.717) is 6.10 Å². The summed E-state index contributed by atoms with van der Waals surface area (Å²) in [5, 5.41) is 3.39. The fraction of sp³-hybridized carbons (Fsp3) is 1.00. The largest absolute Gasteiger partial charge is 0.378 e. The molecule has 2 rings (SSSR count). The zero-order valence-electron chi connectivity index (χ0n) is 9.30. The van der Waals surface area contributed by atoms with Crippen LogP contribution in [-0.2, 0) is 4.74 Å². The van der Waals surface area contributed by atoms with Crippen LogP contribution in [0.3, 0.4) is 0 Å². The number of rotatable bonds is 3. The van der Waals surface area contributed by atoms with E-state index in [0.717, 1.165) is 18.4 Å². The highest BCUT2D eigenvalue weighted by Gasteiger charge is 2.21. The molecule has 1 N–H and O–H groups in total. The summed E-state index contributed by atoms with van der Waals surface area (Å²) in [7, 11) is 0. The minimum absolute atomic E-state index is 0.576. The van der Waals surface area contributed by atoms with Gasteiger partial charge in [0.25, 0.3) is 0 Å². The lowest BCUT2D eigenvalue weighted by atomic mass is 9.89. The van der Waals surface area contributed by atoms with E-state index in [1.165, 1.54) is 45.2 Å². The fourth-order valence-electron chi connectivity index (χ4n) is 2.53. The molecule has 0 aromatic heterocycles. The molecule has 1 saturated heterocycles. The second kappa shape index (κ2) is 5.13. The van der Waals surface area contributed by atoms with E-state index in [-0.39, 0.29) is 0 Å². The van der Waals surface area contributed by atoms with Gasteiger partial charge in [0.1, 0.15) is 0 Å². The minimum atomic E-state index is 0.576. The Morgan fingerprint density at radius 2 is 1.93 bits per heavy atom. The predicted octanol–water partition coefficient (Wildman–Crippen LogP) is 2.19. The highest BCUT2D eigenvalue weighted by Crippen LogP contribution is 2.26. The molecule has 2 heteroatoms. The van der Waals surface area contributed by atoms with Crippen molar-refractivity contribution in [2.45, 2.75) is 45.1 Å². The van der Waals surface area contributed by atoms with Crippen LogP contribution in [0.2, 0.25) is 0 Å². The summed E-state index contributed by atoms with van der Waals surface area (Å²) < 4.78 is 5.98. The summed E-state index contributed by atoms with van der Waals surface area (Å²) in [6.07, 6.45) is 7.21. The second-order valence-corrected chi connectivity index (χ2v) is 5.07. The molecule has 2 fully saturated rings. The third-order valence-electron chi connectivity index (χ3n) is 3.69. The van der Waals surface area contributed by atoms with E-state index in [1.807, 2.05) is 0 Å². The Hall–Kier alpha value is -0.0800. The highest BCUT2D eigenvalue weighted by molar-refractivity contribution is 4.73.